The van der Waals surface area contributed by atoms with Gasteiger partial charge in [-0.15, -0.1) is 0 Å². The highest BCUT2D eigenvalue weighted by molar-refractivity contribution is 7.89. The van der Waals surface area contributed by atoms with E-state index in [1.807, 2.05) is 30.3 Å². The lowest BCUT2D eigenvalue weighted by Crippen LogP contribution is -2.33. The highest BCUT2D eigenvalue weighted by Crippen LogP contribution is 2.15. The number of nitrogens with one attached hydrogen (secondary N) is 1. The van der Waals surface area contributed by atoms with Gasteiger partial charge in [-0.25, -0.2) is 13.1 Å². The third-order valence-corrected chi connectivity index (χ3v) is 4.63. The number of hydrogen-bond acceptors (Lipinski definition) is 4. The summed E-state index contributed by atoms with van der Waals surface area (Å²) in [5, 5.41) is 9.95. The van der Waals surface area contributed by atoms with Gasteiger partial charge in [-0.1, -0.05) is 30.3 Å². The fourth-order valence-corrected chi connectivity index (χ4v) is 3.08. The Kier molecular flexibility index (Phi) is 5.54. The summed E-state index contributed by atoms with van der Waals surface area (Å²) >= 11 is 0. The first kappa shape index (κ1) is 16.5. The van der Waals surface area contributed by atoms with Crippen LogP contribution in [0.15, 0.2) is 59.5 Å². The van der Waals surface area contributed by atoms with Gasteiger partial charge in [-0.3, -0.25) is 0 Å². The van der Waals surface area contributed by atoms with Crippen LogP contribution in [-0.2, 0) is 16.4 Å². The predicted molar refractivity (Wildman–Crippen MR) is 84.3 cm³/mol. The monoisotopic (exact) mass is 321 g/mol. The second kappa shape index (κ2) is 7.40. The number of benzene rings is 2. The van der Waals surface area contributed by atoms with Crippen molar-refractivity contribution in [3.05, 3.63) is 60.2 Å². The molecule has 0 spiro atoms. The molecular formula is C16H19NO4S. The average Bonchev–Trinajstić information content (AvgIpc) is 2.54. The minimum absolute atomic E-state index is 0.0384. The van der Waals surface area contributed by atoms with E-state index in [-0.39, 0.29) is 11.4 Å². The lowest BCUT2D eigenvalue weighted by molar-refractivity contribution is 0.179. The maximum absolute atomic E-state index is 12.1. The fraction of sp³-hybridized carbons (Fsp3) is 0.250. The minimum Gasteiger partial charge on any atom is -0.497 e. The third-order valence-electron chi connectivity index (χ3n) is 3.19. The SMILES string of the molecule is COc1ccc(S(=O)(=O)NCC(O)Cc2ccccc2)cc1. The largest absolute Gasteiger partial charge is 0.497 e. The zero-order valence-corrected chi connectivity index (χ0v) is 13.1. The van der Waals surface area contributed by atoms with E-state index in [0.29, 0.717) is 12.2 Å². The Morgan fingerprint density at radius 1 is 1.09 bits per heavy atom. The van der Waals surface area contributed by atoms with Crippen molar-refractivity contribution in [2.75, 3.05) is 13.7 Å². The maximum Gasteiger partial charge on any atom is 0.240 e. The number of ether oxygens (including phenoxy) is 1. The molecule has 118 valence electrons. The van der Waals surface area contributed by atoms with Crippen LogP contribution in [0.3, 0.4) is 0 Å². The molecule has 0 aliphatic heterocycles. The zero-order chi connectivity index (χ0) is 16.0. The summed E-state index contributed by atoms with van der Waals surface area (Å²) in [4.78, 5) is 0.139. The smallest absolute Gasteiger partial charge is 0.240 e. The van der Waals surface area contributed by atoms with E-state index in [0.717, 1.165) is 5.56 Å². The molecule has 2 aromatic carbocycles. The van der Waals surface area contributed by atoms with Crippen LogP contribution < -0.4 is 9.46 Å². The Labute approximate surface area is 130 Å². The molecule has 0 aliphatic carbocycles. The molecular weight excluding hydrogens is 302 g/mol. The number of rotatable bonds is 7. The van der Waals surface area contributed by atoms with Crippen molar-refractivity contribution in [1.29, 1.82) is 0 Å². The molecule has 0 bridgehead atoms. The molecule has 2 N–H and O–H groups in total. The molecule has 0 radical (unpaired) electrons. The highest BCUT2D eigenvalue weighted by atomic mass is 32.2. The van der Waals surface area contributed by atoms with E-state index in [1.54, 1.807) is 12.1 Å². The van der Waals surface area contributed by atoms with Gasteiger partial charge in [0.05, 0.1) is 18.1 Å². The first-order chi connectivity index (χ1) is 10.5. The van der Waals surface area contributed by atoms with Gasteiger partial charge in [-0.2, -0.15) is 0 Å². The van der Waals surface area contributed by atoms with Crippen LogP contribution >= 0.6 is 0 Å². The van der Waals surface area contributed by atoms with Crippen LogP contribution in [0.4, 0.5) is 0 Å². The fourth-order valence-electron chi connectivity index (χ4n) is 2.00. The second-order valence-electron chi connectivity index (χ2n) is 4.87. The molecule has 0 heterocycles. The summed E-state index contributed by atoms with van der Waals surface area (Å²) in [5.74, 6) is 0.586. The molecule has 0 aliphatic rings. The molecule has 0 fully saturated rings. The predicted octanol–water partition coefficient (Wildman–Crippen LogP) is 1.58. The summed E-state index contributed by atoms with van der Waals surface area (Å²) in [6.07, 6.45) is -0.387. The summed E-state index contributed by atoms with van der Waals surface area (Å²) < 4.78 is 31.7. The summed E-state index contributed by atoms with van der Waals surface area (Å²) in [7, 11) is -2.12. The normalized spacial score (nSPS) is 12.8. The van der Waals surface area contributed by atoms with Gasteiger partial charge in [0.2, 0.25) is 10.0 Å². The summed E-state index contributed by atoms with van der Waals surface area (Å²) in [5.41, 5.74) is 0.957. The first-order valence-electron chi connectivity index (χ1n) is 6.87. The topological polar surface area (TPSA) is 75.6 Å². The summed E-state index contributed by atoms with van der Waals surface area (Å²) in [6, 6.07) is 15.5. The lowest BCUT2D eigenvalue weighted by Gasteiger charge is -2.12. The summed E-state index contributed by atoms with van der Waals surface area (Å²) in [6.45, 7) is -0.0384. The van der Waals surface area contributed by atoms with E-state index in [4.69, 9.17) is 4.74 Å². The second-order valence-corrected chi connectivity index (χ2v) is 6.64. The molecule has 2 aromatic rings. The van der Waals surface area contributed by atoms with Gasteiger partial charge >= 0.3 is 0 Å². The Balaban J connectivity index is 1.94. The van der Waals surface area contributed by atoms with Crippen molar-refractivity contribution < 1.29 is 18.3 Å². The lowest BCUT2D eigenvalue weighted by atomic mass is 10.1. The molecule has 5 nitrogen and oxygen atoms in total. The number of sulfonamides is 1. The van der Waals surface area contributed by atoms with Gasteiger partial charge in [-0.05, 0) is 36.2 Å². The van der Waals surface area contributed by atoms with E-state index < -0.39 is 16.1 Å². The van der Waals surface area contributed by atoms with Gasteiger partial charge < -0.3 is 9.84 Å². The van der Waals surface area contributed by atoms with Gasteiger partial charge in [0.1, 0.15) is 5.75 Å². The first-order valence-corrected chi connectivity index (χ1v) is 8.35. The van der Waals surface area contributed by atoms with Crippen LogP contribution in [0.25, 0.3) is 0 Å². The van der Waals surface area contributed by atoms with Crippen molar-refractivity contribution in [3.8, 4) is 5.75 Å². The van der Waals surface area contributed by atoms with E-state index in [9.17, 15) is 13.5 Å². The molecule has 0 saturated heterocycles. The van der Waals surface area contributed by atoms with Crippen molar-refractivity contribution >= 4 is 10.0 Å². The quantitative estimate of drug-likeness (QED) is 0.812. The van der Waals surface area contributed by atoms with Gasteiger partial charge in [0.15, 0.2) is 0 Å². The Bertz CT molecular complexity index is 684. The van der Waals surface area contributed by atoms with E-state index in [2.05, 4.69) is 4.72 Å². The molecule has 1 unspecified atom stereocenters. The van der Waals surface area contributed by atoms with Crippen LogP contribution in [0.5, 0.6) is 5.75 Å². The van der Waals surface area contributed by atoms with E-state index in [1.165, 1.54) is 19.2 Å². The van der Waals surface area contributed by atoms with Crippen molar-refractivity contribution in [3.63, 3.8) is 0 Å². The zero-order valence-electron chi connectivity index (χ0n) is 12.3. The van der Waals surface area contributed by atoms with Gasteiger partial charge in [0, 0.05) is 6.54 Å². The number of hydrogen-bond donors (Lipinski definition) is 2. The Hall–Kier alpha value is -1.89. The number of methoxy groups -OCH3 is 1. The molecule has 0 aromatic heterocycles. The average molecular weight is 321 g/mol. The molecule has 22 heavy (non-hydrogen) atoms. The van der Waals surface area contributed by atoms with E-state index >= 15 is 0 Å². The number of aliphatic hydroxyl groups excluding tert-OH is 1. The van der Waals surface area contributed by atoms with Crippen LogP contribution in [0.1, 0.15) is 5.56 Å². The molecule has 2 rings (SSSR count). The van der Waals surface area contributed by atoms with Crippen LogP contribution in [0.2, 0.25) is 0 Å². The maximum atomic E-state index is 12.1. The Morgan fingerprint density at radius 3 is 2.32 bits per heavy atom. The van der Waals surface area contributed by atoms with Gasteiger partial charge in [0.25, 0.3) is 0 Å². The van der Waals surface area contributed by atoms with Crippen molar-refractivity contribution in [2.24, 2.45) is 0 Å². The minimum atomic E-state index is -3.64. The van der Waals surface area contributed by atoms with Crippen LogP contribution in [0, 0.1) is 0 Å². The molecule has 0 saturated carbocycles. The number of aliphatic hydroxyl groups is 1. The highest BCUT2D eigenvalue weighted by Gasteiger charge is 2.16. The van der Waals surface area contributed by atoms with Crippen molar-refractivity contribution in [1.82, 2.24) is 4.72 Å². The Morgan fingerprint density at radius 2 is 1.73 bits per heavy atom. The molecule has 0 amide bonds. The molecule has 6 heteroatoms. The van der Waals surface area contributed by atoms with Crippen molar-refractivity contribution in [2.45, 2.75) is 17.4 Å². The van der Waals surface area contributed by atoms with Crippen LogP contribution in [-0.4, -0.2) is 33.3 Å². The third kappa shape index (κ3) is 4.56. The standard InChI is InChI=1S/C16H19NO4S/c1-21-15-7-9-16(10-8-15)22(19,20)17-12-14(18)11-13-5-3-2-4-6-13/h2-10,14,17-18H,11-12H2,1H3. The molecule has 1 atom stereocenters.